The Morgan fingerprint density at radius 3 is 2.36 bits per heavy atom. The molecule has 2 aliphatic rings. The minimum Gasteiger partial charge on any atom is -0.353 e. The molecule has 2 rings (SSSR count). The predicted octanol–water partition coefficient (Wildman–Crippen LogP) is 3.87. The van der Waals surface area contributed by atoms with Gasteiger partial charge in [-0.1, -0.05) is 33.6 Å². The van der Waals surface area contributed by atoms with Gasteiger partial charge in [-0.25, -0.2) is 0 Å². The van der Waals surface area contributed by atoms with Gasteiger partial charge in [0.2, 0.25) is 5.91 Å². The van der Waals surface area contributed by atoms with Gasteiger partial charge < -0.3 is 10.6 Å². The van der Waals surface area contributed by atoms with Gasteiger partial charge in [0.15, 0.2) is 0 Å². The largest absolute Gasteiger partial charge is 0.353 e. The summed E-state index contributed by atoms with van der Waals surface area (Å²) in [7, 11) is 0. The Kier molecular flexibility index (Phi) is 6.73. The molecular weight excluding hydrogens is 272 g/mol. The van der Waals surface area contributed by atoms with Gasteiger partial charge in [0.1, 0.15) is 0 Å². The van der Waals surface area contributed by atoms with Crippen LogP contribution in [-0.4, -0.2) is 24.0 Å². The molecule has 128 valence electrons. The van der Waals surface area contributed by atoms with Crippen molar-refractivity contribution in [2.75, 3.05) is 0 Å². The van der Waals surface area contributed by atoms with E-state index < -0.39 is 0 Å². The molecule has 0 heterocycles. The van der Waals surface area contributed by atoms with Gasteiger partial charge in [0.25, 0.3) is 0 Å². The Morgan fingerprint density at radius 2 is 1.77 bits per heavy atom. The third kappa shape index (κ3) is 5.91. The highest BCUT2D eigenvalue weighted by atomic mass is 16.1. The molecule has 3 heteroatoms. The first-order chi connectivity index (χ1) is 10.4. The van der Waals surface area contributed by atoms with Crippen molar-refractivity contribution >= 4 is 5.91 Å². The van der Waals surface area contributed by atoms with Crippen molar-refractivity contribution in [3.63, 3.8) is 0 Å². The van der Waals surface area contributed by atoms with Crippen molar-refractivity contribution in [2.24, 2.45) is 17.8 Å². The topological polar surface area (TPSA) is 41.1 Å². The second kappa shape index (κ2) is 8.33. The maximum atomic E-state index is 11.7. The van der Waals surface area contributed by atoms with Crippen LogP contribution in [0.25, 0.3) is 0 Å². The Morgan fingerprint density at radius 1 is 1.09 bits per heavy atom. The minimum atomic E-state index is 0.242. The monoisotopic (exact) mass is 308 g/mol. The Balaban J connectivity index is 1.45. The van der Waals surface area contributed by atoms with Gasteiger partial charge in [-0.3, -0.25) is 4.79 Å². The zero-order valence-electron chi connectivity index (χ0n) is 15.0. The maximum Gasteiger partial charge on any atom is 0.220 e. The second-order valence-electron chi connectivity index (χ2n) is 8.47. The standard InChI is InChI=1S/C19H36N2O/c1-13(2)8-19(22)21-18-11-16(12-18)7-5-6-15(4)20-17-9-14(3)10-17/h13-18,20H,5-12H2,1-4H3,(H,21,22). The van der Waals surface area contributed by atoms with Crippen molar-refractivity contribution in [1.82, 2.24) is 10.6 Å². The van der Waals surface area contributed by atoms with Crippen LogP contribution in [0.2, 0.25) is 0 Å². The van der Waals surface area contributed by atoms with Crippen molar-refractivity contribution in [1.29, 1.82) is 0 Å². The Labute approximate surface area is 137 Å². The number of nitrogens with one attached hydrogen (secondary N) is 2. The van der Waals surface area contributed by atoms with Crippen molar-refractivity contribution in [3.8, 4) is 0 Å². The molecule has 0 radical (unpaired) electrons. The highest BCUT2D eigenvalue weighted by molar-refractivity contribution is 5.76. The van der Waals surface area contributed by atoms with Gasteiger partial charge in [0.05, 0.1) is 0 Å². The third-order valence-corrected chi connectivity index (χ3v) is 5.34. The van der Waals surface area contributed by atoms with Gasteiger partial charge >= 0.3 is 0 Å². The summed E-state index contributed by atoms with van der Waals surface area (Å²) in [6.07, 6.45) is 9.76. The number of hydrogen-bond acceptors (Lipinski definition) is 2. The normalized spacial score (nSPS) is 32.2. The van der Waals surface area contributed by atoms with Crippen LogP contribution in [0.5, 0.6) is 0 Å². The molecular formula is C19H36N2O. The molecule has 1 atom stereocenters. The maximum absolute atomic E-state index is 11.7. The van der Waals surface area contributed by atoms with Crippen LogP contribution in [0.4, 0.5) is 0 Å². The highest BCUT2D eigenvalue weighted by Crippen LogP contribution is 2.32. The number of hydrogen-bond donors (Lipinski definition) is 2. The van der Waals surface area contributed by atoms with E-state index in [1.54, 1.807) is 0 Å². The summed E-state index contributed by atoms with van der Waals surface area (Å²) in [6.45, 7) is 8.87. The van der Waals surface area contributed by atoms with Crippen LogP contribution in [0, 0.1) is 17.8 Å². The van der Waals surface area contributed by atoms with E-state index in [1.165, 1.54) is 44.9 Å². The minimum absolute atomic E-state index is 0.242. The zero-order valence-corrected chi connectivity index (χ0v) is 15.0. The van der Waals surface area contributed by atoms with Gasteiger partial charge in [-0.05, 0) is 56.8 Å². The quantitative estimate of drug-likeness (QED) is 0.679. The average Bonchev–Trinajstić information content (AvgIpc) is 2.32. The molecule has 2 fully saturated rings. The summed E-state index contributed by atoms with van der Waals surface area (Å²) in [5, 5.41) is 6.92. The fourth-order valence-corrected chi connectivity index (χ4v) is 3.98. The summed E-state index contributed by atoms with van der Waals surface area (Å²) in [6, 6.07) is 1.91. The first-order valence-corrected chi connectivity index (χ1v) is 9.47. The van der Waals surface area contributed by atoms with E-state index in [2.05, 4.69) is 38.3 Å². The SMILES string of the molecule is CC(C)CC(=O)NC1CC(CCCC(C)NC2CC(C)C2)C1. The van der Waals surface area contributed by atoms with E-state index in [1.807, 2.05) is 0 Å². The lowest BCUT2D eigenvalue weighted by atomic mass is 9.77. The van der Waals surface area contributed by atoms with E-state index in [0.717, 1.165) is 17.9 Å². The van der Waals surface area contributed by atoms with E-state index >= 15 is 0 Å². The first kappa shape index (κ1) is 17.8. The summed E-state index contributed by atoms with van der Waals surface area (Å²) in [5.41, 5.74) is 0. The molecule has 0 aliphatic heterocycles. The molecule has 0 bridgehead atoms. The summed E-state index contributed by atoms with van der Waals surface area (Å²) < 4.78 is 0. The number of rotatable bonds is 9. The fourth-order valence-electron chi connectivity index (χ4n) is 3.98. The van der Waals surface area contributed by atoms with Crippen LogP contribution in [0.15, 0.2) is 0 Å². The Hall–Kier alpha value is -0.570. The molecule has 2 N–H and O–H groups in total. The lowest BCUT2D eigenvalue weighted by Gasteiger charge is -2.37. The summed E-state index contributed by atoms with van der Waals surface area (Å²) >= 11 is 0. The second-order valence-corrected chi connectivity index (χ2v) is 8.47. The van der Waals surface area contributed by atoms with Gasteiger partial charge in [-0.15, -0.1) is 0 Å². The van der Waals surface area contributed by atoms with E-state index in [-0.39, 0.29) is 5.91 Å². The lowest BCUT2D eigenvalue weighted by molar-refractivity contribution is -0.123. The van der Waals surface area contributed by atoms with Crippen LogP contribution >= 0.6 is 0 Å². The van der Waals surface area contributed by atoms with Crippen molar-refractivity contribution in [3.05, 3.63) is 0 Å². The smallest absolute Gasteiger partial charge is 0.220 e. The molecule has 3 nitrogen and oxygen atoms in total. The summed E-state index contributed by atoms with van der Waals surface area (Å²) in [4.78, 5) is 11.7. The van der Waals surface area contributed by atoms with Crippen molar-refractivity contribution in [2.45, 2.75) is 97.2 Å². The molecule has 0 aromatic heterocycles. The average molecular weight is 309 g/mol. The molecule has 2 aliphatic carbocycles. The number of carbonyl (C=O) groups is 1. The third-order valence-electron chi connectivity index (χ3n) is 5.34. The van der Waals surface area contributed by atoms with Crippen molar-refractivity contribution < 1.29 is 4.79 Å². The molecule has 0 saturated heterocycles. The van der Waals surface area contributed by atoms with Gasteiger partial charge in [0, 0.05) is 24.5 Å². The van der Waals surface area contributed by atoms with Crippen LogP contribution in [-0.2, 0) is 4.79 Å². The van der Waals surface area contributed by atoms with Crippen LogP contribution in [0.3, 0.4) is 0 Å². The predicted molar refractivity (Wildman–Crippen MR) is 92.7 cm³/mol. The molecule has 1 amide bonds. The summed E-state index contributed by atoms with van der Waals surface area (Å²) in [5.74, 6) is 2.48. The van der Waals surface area contributed by atoms with E-state index in [0.29, 0.717) is 24.4 Å². The highest BCUT2D eigenvalue weighted by Gasteiger charge is 2.30. The molecule has 0 aromatic carbocycles. The molecule has 0 aromatic rings. The molecule has 22 heavy (non-hydrogen) atoms. The van der Waals surface area contributed by atoms with Crippen LogP contribution in [0.1, 0.15) is 79.1 Å². The number of amides is 1. The molecule has 0 spiro atoms. The fraction of sp³-hybridized carbons (Fsp3) is 0.947. The molecule has 2 saturated carbocycles. The van der Waals surface area contributed by atoms with E-state index in [9.17, 15) is 4.79 Å². The van der Waals surface area contributed by atoms with Crippen LogP contribution < -0.4 is 10.6 Å². The van der Waals surface area contributed by atoms with E-state index in [4.69, 9.17) is 0 Å². The Bertz CT molecular complexity index is 343. The number of carbonyl (C=O) groups excluding carboxylic acids is 1. The lowest BCUT2D eigenvalue weighted by Crippen LogP contribution is -2.45. The molecule has 1 unspecified atom stereocenters. The first-order valence-electron chi connectivity index (χ1n) is 9.47. The van der Waals surface area contributed by atoms with Gasteiger partial charge in [-0.2, -0.15) is 0 Å². The zero-order chi connectivity index (χ0) is 16.1.